The smallest absolute Gasteiger partial charge is 0.162 e. The summed E-state index contributed by atoms with van der Waals surface area (Å²) in [5, 5.41) is 3.37. The predicted molar refractivity (Wildman–Crippen MR) is 81.4 cm³/mol. The summed E-state index contributed by atoms with van der Waals surface area (Å²) in [6, 6.07) is 8.29. The Kier molecular flexibility index (Phi) is 3.42. The SMILES string of the molecule is CCNc1nc(-c2ccccc2C)nc2c1CSC2. The molecule has 4 heteroatoms. The van der Waals surface area contributed by atoms with E-state index in [4.69, 9.17) is 9.97 Å². The summed E-state index contributed by atoms with van der Waals surface area (Å²) < 4.78 is 0. The van der Waals surface area contributed by atoms with Crippen molar-refractivity contribution >= 4 is 17.6 Å². The van der Waals surface area contributed by atoms with Gasteiger partial charge in [0.25, 0.3) is 0 Å². The standard InChI is InChI=1S/C15H17N3S/c1-3-16-14-12-8-19-9-13(12)17-15(18-14)11-7-5-4-6-10(11)2/h4-7H,3,8-9H2,1-2H3,(H,16,17,18). The molecule has 0 amide bonds. The minimum atomic E-state index is 0.843. The molecule has 1 aromatic heterocycles. The van der Waals surface area contributed by atoms with Crippen molar-refractivity contribution in [3.63, 3.8) is 0 Å². The number of aromatic nitrogens is 2. The minimum absolute atomic E-state index is 0.843. The van der Waals surface area contributed by atoms with Crippen LogP contribution in [0.1, 0.15) is 23.7 Å². The van der Waals surface area contributed by atoms with E-state index in [1.807, 2.05) is 23.9 Å². The van der Waals surface area contributed by atoms with Crippen LogP contribution in [0, 0.1) is 6.92 Å². The van der Waals surface area contributed by atoms with Gasteiger partial charge in [0.05, 0.1) is 5.69 Å². The van der Waals surface area contributed by atoms with Gasteiger partial charge in [-0.25, -0.2) is 9.97 Å². The van der Waals surface area contributed by atoms with Gasteiger partial charge in [-0.05, 0) is 19.4 Å². The third-order valence-corrected chi connectivity index (χ3v) is 4.28. The number of rotatable bonds is 3. The zero-order valence-corrected chi connectivity index (χ0v) is 12.0. The molecule has 0 unspecified atom stereocenters. The van der Waals surface area contributed by atoms with Crippen molar-refractivity contribution in [1.29, 1.82) is 0 Å². The molecule has 1 aromatic carbocycles. The van der Waals surface area contributed by atoms with Gasteiger partial charge in [0.2, 0.25) is 0 Å². The molecule has 2 aromatic rings. The first-order valence-electron chi connectivity index (χ1n) is 6.57. The van der Waals surface area contributed by atoms with Crippen molar-refractivity contribution in [3.8, 4) is 11.4 Å². The van der Waals surface area contributed by atoms with Crippen molar-refractivity contribution < 1.29 is 0 Å². The first kappa shape index (κ1) is 12.5. The highest BCUT2D eigenvalue weighted by atomic mass is 32.2. The van der Waals surface area contributed by atoms with Crippen LogP contribution in [-0.4, -0.2) is 16.5 Å². The molecule has 0 spiro atoms. The largest absolute Gasteiger partial charge is 0.370 e. The quantitative estimate of drug-likeness (QED) is 0.925. The van der Waals surface area contributed by atoms with Crippen LogP contribution in [0.25, 0.3) is 11.4 Å². The summed E-state index contributed by atoms with van der Waals surface area (Å²) >= 11 is 1.91. The number of anilines is 1. The van der Waals surface area contributed by atoms with Crippen LogP contribution < -0.4 is 5.32 Å². The van der Waals surface area contributed by atoms with E-state index in [1.54, 1.807) is 0 Å². The third kappa shape index (κ3) is 2.32. The van der Waals surface area contributed by atoms with Crippen LogP contribution in [0.2, 0.25) is 0 Å². The van der Waals surface area contributed by atoms with E-state index in [-0.39, 0.29) is 0 Å². The van der Waals surface area contributed by atoms with Crippen molar-refractivity contribution in [2.75, 3.05) is 11.9 Å². The lowest BCUT2D eigenvalue weighted by Gasteiger charge is -2.11. The zero-order valence-electron chi connectivity index (χ0n) is 11.2. The Hall–Kier alpha value is -1.55. The molecule has 0 radical (unpaired) electrons. The second-order valence-electron chi connectivity index (χ2n) is 4.66. The first-order valence-corrected chi connectivity index (χ1v) is 7.72. The van der Waals surface area contributed by atoms with E-state index in [0.717, 1.165) is 35.3 Å². The summed E-state index contributed by atoms with van der Waals surface area (Å²) in [7, 11) is 0. The van der Waals surface area contributed by atoms with Gasteiger partial charge >= 0.3 is 0 Å². The average molecular weight is 271 g/mol. The monoisotopic (exact) mass is 271 g/mol. The second-order valence-corrected chi connectivity index (χ2v) is 5.64. The summed E-state index contributed by atoms with van der Waals surface area (Å²) in [5.74, 6) is 3.87. The highest BCUT2D eigenvalue weighted by Crippen LogP contribution is 2.34. The van der Waals surface area contributed by atoms with Gasteiger partial charge in [-0.15, -0.1) is 0 Å². The highest BCUT2D eigenvalue weighted by molar-refractivity contribution is 7.98. The molecule has 1 aliphatic rings. The van der Waals surface area contributed by atoms with Gasteiger partial charge in [-0.1, -0.05) is 24.3 Å². The number of hydrogen-bond donors (Lipinski definition) is 1. The van der Waals surface area contributed by atoms with Gasteiger partial charge in [-0.3, -0.25) is 0 Å². The maximum absolute atomic E-state index is 4.76. The molecule has 0 aliphatic carbocycles. The molecule has 0 saturated carbocycles. The normalized spacial score (nSPS) is 13.4. The molecule has 19 heavy (non-hydrogen) atoms. The maximum atomic E-state index is 4.76. The number of thioether (sulfide) groups is 1. The highest BCUT2D eigenvalue weighted by Gasteiger charge is 2.20. The minimum Gasteiger partial charge on any atom is -0.370 e. The number of nitrogens with zero attached hydrogens (tertiary/aromatic N) is 2. The van der Waals surface area contributed by atoms with E-state index in [0.29, 0.717) is 0 Å². The molecule has 0 atom stereocenters. The first-order chi connectivity index (χ1) is 9.29. The fourth-order valence-electron chi connectivity index (χ4n) is 2.31. The molecule has 98 valence electrons. The Morgan fingerprint density at radius 2 is 2.05 bits per heavy atom. The van der Waals surface area contributed by atoms with E-state index in [1.165, 1.54) is 16.8 Å². The summed E-state index contributed by atoms with van der Waals surface area (Å²) in [4.78, 5) is 9.48. The predicted octanol–water partition coefficient (Wildman–Crippen LogP) is 3.63. The van der Waals surface area contributed by atoms with Gasteiger partial charge < -0.3 is 5.32 Å². The van der Waals surface area contributed by atoms with E-state index >= 15 is 0 Å². The lowest BCUT2D eigenvalue weighted by Crippen LogP contribution is -2.07. The lowest BCUT2D eigenvalue weighted by molar-refractivity contribution is 1.05. The Labute approximate surface area is 117 Å². The molecule has 0 bridgehead atoms. The van der Waals surface area contributed by atoms with Gasteiger partial charge in [0, 0.05) is 29.2 Å². The molecular weight excluding hydrogens is 254 g/mol. The van der Waals surface area contributed by atoms with Crippen LogP contribution in [-0.2, 0) is 11.5 Å². The number of nitrogens with one attached hydrogen (secondary N) is 1. The Morgan fingerprint density at radius 1 is 1.21 bits per heavy atom. The Bertz CT molecular complexity index is 610. The number of aryl methyl sites for hydroxylation is 1. The van der Waals surface area contributed by atoms with Crippen LogP contribution in [0.3, 0.4) is 0 Å². The molecule has 1 aliphatic heterocycles. The van der Waals surface area contributed by atoms with Crippen LogP contribution in [0.4, 0.5) is 5.82 Å². The average Bonchev–Trinajstić information content (AvgIpc) is 2.88. The molecule has 2 heterocycles. The summed E-state index contributed by atoms with van der Waals surface area (Å²) in [6.45, 7) is 5.10. The Morgan fingerprint density at radius 3 is 2.84 bits per heavy atom. The topological polar surface area (TPSA) is 37.8 Å². The molecule has 0 fully saturated rings. The van der Waals surface area contributed by atoms with E-state index < -0.39 is 0 Å². The summed E-state index contributed by atoms with van der Waals surface area (Å²) in [5.41, 5.74) is 4.82. The third-order valence-electron chi connectivity index (χ3n) is 3.31. The molecule has 1 N–H and O–H groups in total. The van der Waals surface area contributed by atoms with Crippen molar-refractivity contribution in [2.24, 2.45) is 0 Å². The number of benzene rings is 1. The maximum Gasteiger partial charge on any atom is 0.162 e. The Balaban J connectivity index is 2.13. The molecular formula is C15H17N3S. The fourth-order valence-corrected chi connectivity index (χ4v) is 3.35. The number of hydrogen-bond acceptors (Lipinski definition) is 4. The molecule has 3 nitrogen and oxygen atoms in total. The lowest BCUT2D eigenvalue weighted by atomic mass is 10.1. The van der Waals surface area contributed by atoms with Crippen LogP contribution in [0.15, 0.2) is 24.3 Å². The van der Waals surface area contributed by atoms with Crippen molar-refractivity contribution in [1.82, 2.24) is 9.97 Å². The number of fused-ring (bicyclic) bond motifs is 1. The zero-order chi connectivity index (χ0) is 13.2. The van der Waals surface area contributed by atoms with Crippen LogP contribution in [0.5, 0.6) is 0 Å². The summed E-state index contributed by atoms with van der Waals surface area (Å²) in [6.07, 6.45) is 0. The van der Waals surface area contributed by atoms with Gasteiger partial charge in [0.1, 0.15) is 5.82 Å². The van der Waals surface area contributed by atoms with Crippen LogP contribution >= 0.6 is 11.8 Å². The molecule has 3 rings (SSSR count). The van der Waals surface area contributed by atoms with Gasteiger partial charge in [0.15, 0.2) is 5.82 Å². The van der Waals surface area contributed by atoms with Crippen molar-refractivity contribution in [3.05, 3.63) is 41.1 Å². The van der Waals surface area contributed by atoms with Gasteiger partial charge in [-0.2, -0.15) is 11.8 Å². The van der Waals surface area contributed by atoms with Crippen molar-refractivity contribution in [2.45, 2.75) is 25.4 Å². The fraction of sp³-hybridized carbons (Fsp3) is 0.333. The molecule has 0 saturated heterocycles. The van der Waals surface area contributed by atoms with E-state index in [2.05, 4.69) is 31.3 Å². The van der Waals surface area contributed by atoms with E-state index in [9.17, 15) is 0 Å². The second kappa shape index (κ2) is 5.21.